The molecule has 0 aliphatic heterocycles. The maximum absolute atomic E-state index is 14.3. The van der Waals surface area contributed by atoms with Gasteiger partial charge in [0.25, 0.3) is 5.91 Å². The predicted octanol–water partition coefficient (Wildman–Crippen LogP) is 1.79. The standard InChI is InChI=1S/C36H42Cl2N4O10/c1-35(51)20-5-4-6-24(43)25(20)29(44)26-21(35)16-22-28(41(2)3)30(45)27(32(47)36(22,52)31(26)46)33(48)40-17-39-23(34(49)50)15-18-7-9-19(10-8-18)42(13-11-37)14-12-38/h4-10,21-23,28,39,43-44,47,51-52H,11-17H2,1-3H3,(H,40,48)(H,49,50)/t21-,22-,23-,28-,35+,36+/m0/s1. The molecule has 0 aromatic heterocycles. The van der Waals surface area contributed by atoms with Gasteiger partial charge in [-0.15, -0.1) is 23.2 Å². The Bertz CT molecular complexity index is 1820. The van der Waals surface area contributed by atoms with Crippen LogP contribution in [-0.4, -0.2) is 122 Å². The number of carbonyl (C=O) groups is 4. The number of aromatic hydroxyl groups is 1. The molecule has 5 rings (SSSR count). The Labute approximate surface area is 309 Å². The highest BCUT2D eigenvalue weighted by molar-refractivity contribution is 6.25. The van der Waals surface area contributed by atoms with Gasteiger partial charge in [-0.1, -0.05) is 24.3 Å². The third kappa shape index (κ3) is 6.63. The number of aliphatic hydroxyl groups is 4. The number of likely N-dealkylation sites (N-methyl/N-ethyl adjacent to an activating group) is 1. The third-order valence-electron chi connectivity index (χ3n) is 10.3. The van der Waals surface area contributed by atoms with Crippen LogP contribution >= 0.6 is 23.2 Å². The van der Waals surface area contributed by atoms with Crippen molar-refractivity contribution in [3.05, 3.63) is 76.1 Å². The number of hydrogen-bond acceptors (Lipinski definition) is 12. The number of fused-ring (bicyclic) bond motifs is 3. The van der Waals surface area contributed by atoms with Gasteiger partial charge in [0.05, 0.1) is 23.9 Å². The zero-order chi connectivity index (χ0) is 38.3. The zero-order valence-electron chi connectivity index (χ0n) is 28.8. The monoisotopic (exact) mass is 760 g/mol. The van der Waals surface area contributed by atoms with E-state index in [-0.39, 0.29) is 24.0 Å². The van der Waals surface area contributed by atoms with Gasteiger partial charge in [-0.25, -0.2) is 0 Å². The average Bonchev–Trinajstić information content (AvgIpc) is 3.08. The fourth-order valence-electron chi connectivity index (χ4n) is 7.73. The number of nitrogens with zero attached hydrogens (tertiary/aromatic N) is 2. The highest BCUT2D eigenvalue weighted by atomic mass is 35.5. The van der Waals surface area contributed by atoms with Gasteiger partial charge in [-0.2, -0.15) is 0 Å². The number of alkyl halides is 2. The summed E-state index contributed by atoms with van der Waals surface area (Å²) in [6.45, 7) is 2.05. The van der Waals surface area contributed by atoms with Crippen molar-refractivity contribution in [2.24, 2.45) is 11.8 Å². The molecule has 1 saturated carbocycles. The molecule has 8 N–H and O–H groups in total. The van der Waals surface area contributed by atoms with E-state index in [9.17, 15) is 49.8 Å². The van der Waals surface area contributed by atoms with Crippen LogP contribution in [-0.2, 0) is 31.2 Å². The van der Waals surface area contributed by atoms with Gasteiger partial charge >= 0.3 is 5.97 Å². The predicted molar refractivity (Wildman–Crippen MR) is 192 cm³/mol. The van der Waals surface area contributed by atoms with Crippen LogP contribution in [0.2, 0.25) is 0 Å². The number of anilines is 1. The number of hydrogen-bond donors (Lipinski definition) is 8. The molecule has 3 aliphatic carbocycles. The molecule has 14 nitrogen and oxygen atoms in total. The van der Waals surface area contributed by atoms with Crippen molar-refractivity contribution >= 4 is 58.1 Å². The highest BCUT2D eigenvalue weighted by Crippen LogP contribution is 2.57. The fourth-order valence-corrected chi connectivity index (χ4v) is 8.13. The molecule has 3 aliphatic rings. The van der Waals surface area contributed by atoms with E-state index in [1.807, 2.05) is 17.0 Å². The average molecular weight is 762 g/mol. The topological polar surface area (TPSA) is 220 Å². The highest BCUT2D eigenvalue weighted by Gasteiger charge is 2.66. The Kier molecular flexibility index (Phi) is 11.3. The van der Waals surface area contributed by atoms with E-state index >= 15 is 0 Å². The molecule has 6 atom stereocenters. The lowest BCUT2D eigenvalue weighted by Gasteiger charge is -2.53. The van der Waals surface area contributed by atoms with E-state index in [1.165, 1.54) is 44.1 Å². The molecule has 16 heteroatoms. The number of amides is 1. The van der Waals surface area contributed by atoms with Gasteiger partial charge in [0.1, 0.15) is 28.9 Å². The molecular formula is C36H42Cl2N4O10. The molecule has 52 heavy (non-hydrogen) atoms. The van der Waals surface area contributed by atoms with Gasteiger partial charge in [0.15, 0.2) is 11.4 Å². The van der Waals surface area contributed by atoms with E-state index < -0.39 is 93.6 Å². The van der Waals surface area contributed by atoms with Crippen LogP contribution in [0.15, 0.2) is 59.4 Å². The number of carboxylic acids is 1. The second-order valence-electron chi connectivity index (χ2n) is 13.6. The minimum Gasteiger partial charge on any atom is -0.508 e. The number of carbonyl (C=O) groups excluding carboxylic acids is 3. The first kappa shape index (κ1) is 39.0. The molecule has 0 spiro atoms. The first-order chi connectivity index (χ1) is 24.5. The number of aliphatic hydroxyl groups excluding tert-OH is 2. The number of carboxylic acid groups (broad SMARTS) is 1. The normalized spacial score (nSPS) is 26.1. The lowest BCUT2D eigenvalue weighted by molar-refractivity contribution is -0.159. The number of aliphatic carboxylic acids is 1. The van der Waals surface area contributed by atoms with E-state index in [1.54, 1.807) is 12.1 Å². The number of phenolic OH excluding ortho intramolecular Hbond substituents is 1. The largest absolute Gasteiger partial charge is 0.508 e. The fraction of sp³-hybridized carbons (Fsp3) is 0.444. The van der Waals surface area contributed by atoms with Crippen LogP contribution in [0.25, 0.3) is 5.76 Å². The molecule has 0 radical (unpaired) electrons. The SMILES string of the molecule is CN(C)[C@@H]1C(=O)C(C(=O)NCN[C@@H](Cc2ccc(N(CCCl)CCCl)cc2)C(=O)O)=C(O)[C@]2(O)C(=O)C3=C(O)c4c(O)cccc4[C@@](C)(O)[C@H]3C[C@@H]12. The Balaban J connectivity index is 1.40. The van der Waals surface area contributed by atoms with Gasteiger partial charge in [0.2, 0.25) is 5.78 Å². The Morgan fingerprint density at radius 3 is 2.21 bits per heavy atom. The zero-order valence-corrected chi connectivity index (χ0v) is 30.3. The summed E-state index contributed by atoms with van der Waals surface area (Å²) in [5.41, 5.74) is -4.70. The van der Waals surface area contributed by atoms with E-state index in [0.717, 1.165) is 5.69 Å². The lowest BCUT2D eigenvalue weighted by Crippen LogP contribution is -2.67. The van der Waals surface area contributed by atoms with Crippen LogP contribution in [0.5, 0.6) is 5.75 Å². The number of benzene rings is 2. The van der Waals surface area contributed by atoms with Gasteiger partial charge < -0.3 is 40.9 Å². The summed E-state index contributed by atoms with van der Waals surface area (Å²) >= 11 is 11.8. The molecular weight excluding hydrogens is 719 g/mol. The molecule has 280 valence electrons. The van der Waals surface area contributed by atoms with E-state index in [2.05, 4.69) is 10.6 Å². The van der Waals surface area contributed by atoms with Crippen LogP contribution in [0.4, 0.5) is 5.69 Å². The number of nitrogens with one attached hydrogen (secondary N) is 2. The van der Waals surface area contributed by atoms with Crippen molar-refractivity contribution in [3.63, 3.8) is 0 Å². The second kappa shape index (κ2) is 15.0. The number of ketones is 2. The molecule has 1 fully saturated rings. The second-order valence-corrected chi connectivity index (χ2v) is 14.4. The number of rotatable bonds is 13. The molecule has 0 saturated heterocycles. The Hall–Kier alpha value is -4.18. The van der Waals surface area contributed by atoms with Crippen molar-refractivity contribution < 1.29 is 49.8 Å². The van der Waals surface area contributed by atoms with Crippen molar-refractivity contribution in [2.75, 3.05) is 50.5 Å². The van der Waals surface area contributed by atoms with E-state index in [4.69, 9.17) is 23.2 Å². The minimum atomic E-state index is -2.89. The number of phenols is 1. The van der Waals surface area contributed by atoms with Gasteiger partial charge in [0, 0.05) is 47.9 Å². The summed E-state index contributed by atoms with van der Waals surface area (Å²) in [6.07, 6.45) is -0.262. The first-order valence-corrected chi connectivity index (χ1v) is 17.7. The maximum Gasteiger partial charge on any atom is 0.321 e. The van der Waals surface area contributed by atoms with Crippen molar-refractivity contribution in [3.8, 4) is 5.75 Å². The molecule has 2 aromatic rings. The maximum atomic E-state index is 14.3. The number of Topliss-reactive ketones (excluding diaryl/α,β-unsaturated/α-hetero) is 2. The first-order valence-electron chi connectivity index (χ1n) is 16.6. The van der Waals surface area contributed by atoms with E-state index in [0.29, 0.717) is 30.4 Å². The summed E-state index contributed by atoms with van der Waals surface area (Å²) in [5, 5.41) is 72.1. The molecule has 1 amide bonds. The minimum absolute atomic E-state index is 0.0181. The number of halogens is 2. The van der Waals surface area contributed by atoms with Crippen molar-refractivity contribution in [2.45, 2.75) is 43.1 Å². The van der Waals surface area contributed by atoms with Gasteiger partial charge in [-0.05, 0) is 63.2 Å². The Morgan fingerprint density at radius 1 is 1.00 bits per heavy atom. The van der Waals surface area contributed by atoms with Crippen molar-refractivity contribution in [1.29, 1.82) is 0 Å². The summed E-state index contributed by atoms with van der Waals surface area (Å²) in [6, 6.07) is 8.80. The Morgan fingerprint density at radius 2 is 1.63 bits per heavy atom. The van der Waals surface area contributed by atoms with Crippen LogP contribution in [0, 0.1) is 11.8 Å². The molecule has 0 unspecified atom stereocenters. The summed E-state index contributed by atoms with van der Waals surface area (Å²) in [7, 11) is 2.97. The summed E-state index contributed by atoms with van der Waals surface area (Å²) < 4.78 is 0. The van der Waals surface area contributed by atoms with Crippen LogP contribution in [0.1, 0.15) is 30.0 Å². The molecule has 2 aromatic carbocycles. The third-order valence-corrected chi connectivity index (χ3v) is 10.7. The lowest BCUT2D eigenvalue weighted by atomic mass is 9.54. The quantitative estimate of drug-likeness (QED) is 0.0831. The van der Waals surface area contributed by atoms with Crippen molar-refractivity contribution in [1.82, 2.24) is 15.5 Å². The summed E-state index contributed by atoms with van der Waals surface area (Å²) in [4.78, 5) is 57.2. The molecule has 0 bridgehead atoms. The van der Waals surface area contributed by atoms with Crippen LogP contribution < -0.4 is 15.5 Å². The molecule has 0 heterocycles. The van der Waals surface area contributed by atoms with Crippen LogP contribution in [0.3, 0.4) is 0 Å². The smallest absolute Gasteiger partial charge is 0.321 e. The van der Waals surface area contributed by atoms with Gasteiger partial charge in [-0.3, -0.25) is 29.4 Å². The summed E-state index contributed by atoms with van der Waals surface area (Å²) in [5.74, 6) is -8.70.